The van der Waals surface area contributed by atoms with Crippen LogP contribution < -0.4 is 0 Å². The lowest BCUT2D eigenvalue weighted by Gasteiger charge is -2.31. The molecule has 5 nitrogen and oxygen atoms in total. The Morgan fingerprint density at radius 3 is 2.76 bits per heavy atom. The zero-order valence-corrected chi connectivity index (χ0v) is 12.9. The summed E-state index contributed by atoms with van der Waals surface area (Å²) in [5.74, 6) is -0.753. The third-order valence-electron chi connectivity index (χ3n) is 3.85. The Morgan fingerprint density at radius 2 is 2.10 bits per heavy atom. The summed E-state index contributed by atoms with van der Waals surface area (Å²) in [6.45, 7) is 0. The van der Waals surface area contributed by atoms with Crippen molar-refractivity contribution in [2.75, 3.05) is 12.8 Å². The number of pyridine rings is 1. The molecule has 0 radical (unpaired) electrons. The molecule has 1 N–H and O–H groups in total. The standard InChI is InChI=1S/C15H20N2O3S/c1-17(11-6-3-2-4-7-11)13(18)10-21-14-12(15(19)20)8-5-9-16-14/h5,8-9,11H,2-4,6-7,10H2,1H3,(H,19,20). The van der Waals surface area contributed by atoms with E-state index >= 15 is 0 Å². The topological polar surface area (TPSA) is 70.5 Å². The van der Waals surface area contributed by atoms with Crippen molar-refractivity contribution in [3.8, 4) is 0 Å². The summed E-state index contributed by atoms with van der Waals surface area (Å²) in [7, 11) is 1.84. The molecule has 0 atom stereocenters. The summed E-state index contributed by atoms with van der Waals surface area (Å²) in [5, 5.41) is 9.49. The van der Waals surface area contributed by atoms with Gasteiger partial charge < -0.3 is 10.0 Å². The number of carboxylic acids is 1. The molecule has 114 valence electrons. The van der Waals surface area contributed by atoms with Gasteiger partial charge >= 0.3 is 5.97 Å². The summed E-state index contributed by atoms with van der Waals surface area (Å²) < 4.78 is 0. The summed E-state index contributed by atoms with van der Waals surface area (Å²) in [6, 6.07) is 3.42. The quantitative estimate of drug-likeness (QED) is 0.847. The maximum absolute atomic E-state index is 12.2. The van der Waals surface area contributed by atoms with Gasteiger partial charge in [0, 0.05) is 19.3 Å². The molecule has 0 aliphatic heterocycles. The van der Waals surface area contributed by atoms with E-state index in [9.17, 15) is 9.59 Å². The highest BCUT2D eigenvalue weighted by Crippen LogP contribution is 2.24. The smallest absolute Gasteiger partial charge is 0.338 e. The molecule has 1 fully saturated rings. The van der Waals surface area contributed by atoms with Crippen molar-refractivity contribution in [3.05, 3.63) is 23.9 Å². The van der Waals surface area contributed by atoms with Crippen molar-refractivity contribution in [2.24, 2.45) is 0 Å². The number of nitrogens with zero attached hydrogens (tertiary/aromatic N) is 2. The third kappa shape index (κ3) is 4.20. The van der Waals surface area contributed by atoms with Gasteiger partial charge in [0.25, 0.3) is 0 Å². The zero-order valence-electron chi connectivity index (χ0n) is 12.1. The Kier molecular flexibility index (Phi) is 5.61. The van der Waals surface area contributed by atoms with Gasteiger partial charge in [-0.15, -0.1) is 0 Å². The molecule has 1 aromatic heterocycles. The normalized spacial score (nSPS) is 15.7. The first-order valence-corrected chi connectivity index (χ1v) is 8.15. The molecule has 1 aliphatic carbocycles. The number of hydrogen-bond donors (Lipinski definition) is 1. The Labute approximate surface area is 128 Å². The fourth-order valence-electron chi connectivity index (χ4n) is 2.57. The Hall–Kier alpha value is -1.56. The third-order valence-corrected chi connectivity index (χ3v) is 4.84. The molecule has 1 amide bonds. The molecule has 2 rings (SSSR count). The van der Waals surface area contributed by atoms with Crippen LogP contribution in [0.25, 0.3) is 0 Å². The summed E-state index contributed by atoms with van der Waals surface area (Å²) in [4.78, 5) is 29.2. The van der Waals surface area contributed by atoms with Crippen molar-refractivity contribution >= 4 is 23.6 Å². The van der Waals surface area contributed by atoms with Crippen LogP contribution in [0.4, 0.5) is 0 Å². The molecule has 21 heavy (non-hydrogen) atoms. The van der Waals surface area contributed by atoms with Gasteiger partial charge in [0.2, 0.25) is 5.91 Å². The van der Waals surface area contributed by atoms with Crippen LogP contribution in [0.3, 0.4) is 0 Å². The highest BCUT2D eigenvalue weighted by Gasteiger charge is 2.22. The minimum Gasteiger partial charge on any atom is -0.478 e. The van der Waals surface area contributed by atoms with Gasteiger partial charge in [0.05, 0.1) is 11.3 Å². The zero-order chi connectivity index (χ0) is 15.2. The average molecular weight is 308 g/mol. The van der Waals surface area contributed by atoms with Crippen LogP contribution in [-0.2, 0) is 4.79 Å². The Morgan fingerprint density at radius 1 is 1.38 bits per heavy atom. The lowest BCUT2D eigenvalue weighted by atomic mass is 9.94. The van der Waals surface area contributed by atoms with E-state index in [1.807, 2.05) is 11.9 Å². The number of amides is 1. The lowest BCUT2D eigenvalue weighted by molar-refractivity contribution is -0.129. The van der Waals surface area contributed by atoms with E-state index in [0.29, 0.717) is 11.1 Å². The number of carboxylic acid groups (broad SMARTS) is 1. The highest BCUT2D eigenvalue weighted by atomic mass is 32.2. The van der Waals surface area contributed by atoms with Gasteiger partial charge in [-0.3, -0.25) is 4.79 Å². The Balaban J connectivity index is 1.93. The van der Waals surface area contributed by atoms with E-state index in [-0.39, 0.29) is 17.2 Å². The van der Waals surface area contributed by atoms with Gasteiger partial charge in [0.15, 0.2) is 0 Å². The number of rotatable bonds is 5. The molecular weight excluding hydrogens is 288 g/mol. The predicted molar refractivity (Wildman–Crippen MR) is 81.6 cm³/mol. The molecule has 1 saturated carbocycles. The van der Waals surface area contributed by atoms with Crippen molar-refractivity contribution in [1.82, 2.24) is 9.88 Å². The van der Waals surface area contributed by atoms with Gasteiger partial charge in [-0.2, -0.15) is 0 Å². The van der Waals surface area contributed by atoms with Gasteiger partial charge in [-0.1, -0.05) is 31.0 Å². The Bertz CT molecular complexity index is 515. The van der Waals surface area contributed by atoms with Gasteiger partial charge in [0.1, 0.15) is 5.03 Å². The van der Waals surface area contributed by atoms with E-state index in [2.05, 4.69) is 4.98 Å². The summed E-state index contributed by atoms with van der Waals surface area (Å²) >= 11 is 1.19. The summed E-state index contributed by atoms with van der Waals surface area (Å²) in [6.07, 6.45) is 7.29. The second-order valence-electron chi connectivity index (χ2n) is 5.25. The molecule has 6 heteroatoms. The molecule has 1 aromatic rings. The first-order valence-electron chi connectivity index (χ1n) is 7.16. The first kappa shape index (κ1) is 15.8. The van der Waals surface area contributed by atoms with Crippen molar-refractivity contribution in [3.63, 3.8) is 0 Å². The molecule has 1 heterocycles. The number of aromatic carboxylic acids is 1. The van der Waals surface area contributed by atoms with Gasteiger partial charge in [-0.25, -0.2) is 9.78 Å². The number of carbonyl (C=O) groups is 2. The van der Waals surface area contributed by atoms with Crippen LogP contribution >= 0.6 is 11.8 Å². The van der Waals surface area contributed by atoms with Crippen molar-refractivity contribution < 1.29 is 14.7 Å². The van der Waals surface area contributed by atoms with E-state index in [1.165, 1.54) is 37.1 Å². The fraction of sp³-hybridized carbons (Fsp3) is 0.533. The van der Waals surface area contributed by atoms with Crippen LogP contribution in [0.15, 0.2) is 23.4 Å². The first-order chi connectivity index (χ1) is 10.1. The number of thioether (sulfide) groups is 1. The predicted octanol–water partition coefficient (Wildman–Crippen LogP) is 2.66. The monoisotopic (exact) mass is 308 g/mol. The van der Waals surface area contributed by atoms with Crippen LogP contribution in [-0.4, -0.2) is 45.7 Å². The highest BCUT2D eigenvalue weighted by molar-refractivity contribution is 8.00. The molecule has 1 aliphatic rings. The second kappa shape index (κ2) is 7.45. The van der Waals surface area contributed by atoms with E-state index in [4.69, 9.17) is 5.11 Å². The minimum absolute atomic E-state index is 0.0360. The maximum Gasteiger partial charge on any atom is 0.338 e. The van der Waals surface area contributed by atoms with E-state index in [1.54, 1.807) is 12.3 Å². The second-order valence-corrected chi connectivity index (χ2v) is 6.21. The van der Waals surface area contributed by atoms with Crippen LogP contribution in [0.5, 0.6) is 0 Å². The molecule has 0 spiro atoms. The fourth-order valence-corrected chi connectivity index (χ4v) is 3.48. The number of aromatic nitrogens is 1. The van der Waals surface area contributed by atoms with Crippen molar-refractivity contribution in [1.29, 1.82) is 0 Å². The van der Waals surface area contributed by atoms with Gasteiger partial charge in [-0.05, 0) is 25.0 Å². The molecule has 0 aromatic carbocycles. The van der Waals surface area contributed by atoms with E-state index in [0.717, 1.165) is 12.8 Å². The van der Waals surface area contributed by atoms with E-state index < -0.39 is 5.97 Å². The van der Waals surface area contributed by atoms with Crippen LogP contribution in [0, 0.1) is 0 Å². The van der Waals surface area contributed by atoms with Crippen molar-refractivity contribution in [2.45, 2.75) is 43.2 Å². The minimum atomic E-state index is -1.02. The molecule has 0 saturated heterocycles. The largest absolute Gasteiger partial charge is 0.478 e. The molecule has 0 unspecified atom stereocenters. The molecular formula is C15H20N2O3S. The molecule has 0 bridgehead atoms. The lowest BCUT2D eigenvalue weighted by Crippen LogP contribution is -2.39. The maximum atomic E-state index is 12.2. The number of carbonyl (C=O) groups excluding carboxylic acids is 1. The summed E-state index contributed by atoms with van der Waals surface area (Å²) in [5.41, 5.74) is 0.149. The SMILES string of the molecule is CN(C(=O)CSc1ncccc1C(=O)O)C1CCCCC1. The average Bonchev–Trinajstić information content (AvgIpc) is 2.52. The van der Waals surface area contributed by atoms with Crippen LogP contribution in [0.1, 0.15) is 42.5 Å². The van der Waals surface area contributed by atoms with Crippen LogP contribution in [0.2, 0.25) is 0 Å². The number of hydrogen-bond acceptors (Lipinski definition) is 4.